The second kappa shape index (κ2) is 9.16. The number of nitrogens with one attached hydrogen (secondary N) is 2. The van der Waals surface area contributed by atoms with Gasteiger partial charge in [0.25, 0.3) is 5.91 Å². The van der Waals surface area contributed by atoms with E-state index in [0.717, 1.165) is 27.9 Å². The van der Waals surface area contributed by atoms with Crippen LogP contribution in [0.3, 0.4) is 0 Å². The Morgan fingerprint density at radius 1 is 1.24 bits per heavy atom. The number of hydrogen-bond acceptors (Lipinski definition) is 5. The van der Waals surface area contributed by atoms with Gasteiger partial charge in [-0.2, -0.15) is 23.4 Å². The highest BCUT2D eigenvalue weighted by Crippen LogP contribution is 2.27. The van der Waals surface area contributed by atoms with Crippen LogP contribution in [0.1, 0.15) is 34.2 Å². The first-order valence-corrected chi connectivity index (χ1v) is 10.6. The maximum absolute atomic E-state index is 12.4. The molecule has 1 amide bonds. The standard InChI is InChI=1S/C23H23F3N6O2/c1-4-32-20(10-14-6-8-18-17(13(14)2)11-28-30-18)29-21(31-32)15-5-7-16(19(9-15)34-3)22(33)27-12-23(24,25)26/h5-9,11H,4,10,12H2,1-3H3,(H,27,33)(H,28,30). The van der Waals surface area contributed by atoms with Gasteiger partial charge in [0.05, 0.1) is 24.4 Å². The van der Waals surface area contributed by atoms with E-state index in [2.05, 4.69) is 15.3 Å². The number of aromatic amines is 1. The molecule has 2 heterocycles. The van der Waals surface area contributed by atoms with Crippen LogP contribution >= 0.6 is 0 Å². The molecule has 0 atom stereocenters. The molecule has 11 heteroatoms. The summed E-state index contributed by atoms with van der Waals surface area (Å²) in [7, 11) is 1.35. The Balaban J connectivity index is 1.62. The van der Waals surface area contributed by atoms with Crippen molar-refractivity contribution >= 4 is 16.8 Å². The molecule has 0 bridgehead atoms. The van der Waals surface area contributed by atoms with Crippen molar-refractivity contribution in [1.29, 1.82) is 0 Å². The fourth-order valence-electron chi connectivity index (χ4n) is 3.74. The van der Waals surface area contributed by atoms with Crippen LogP contribution in [0.15, 0.2) is 36.5 Å². The second-order valence-electron chi connectivity index (χ2n) is 7.74. The number of nitrogens with zero attached hydrogens (tertiary/aromatic N) is 4. The molecule has 2 aromatic carbocycles. The van der Waals surface area contributed by atoms with E-state index in [9.17, 15) is 18.0 Å². The van der Waals surface area contributed by atoms with Crippen molar-refractivity contribution in [3.05, 3.63) is 59.0 Å². The van der Waals surface area contributed by atoms with Crippen molar-refractivity contribution in [3.63, 3.8) is 0 Å². The van der Waals surface area contributed by atoms with Crippen LogP contribution in [0.4, 0.5) is 13.2 Å². The predicted molar refractivity (Wildman–Crippen MR) is 120 cm³/mol. The first kappa shape index (κ1) is 23.3. The summed E-state index contributed by atoms with van der Waals surface area (Å²) in [6.45, 7) is 3.17. The molecule has 0 aliphatic carbocycles. The number of H-pyrrole nitrogens is 1. The molecular formula is C23H23F3N6O2. The summed E-state index contributed by atoms with van der Waals surface area (Å²) in [5, 5.41) is 14.5. The molecular weight excluding hydrogens is 449 g/mol. The molecule has 0 spiro atoms. The zero-order chi connectivity index (χ0) is 24.5. The molecule has 4 aromatic rings. The summed E-state index contributed by atoms with van der Waals surface area (Å²) in [5.41, 5.74) is 3.74. The fourth-order valence-corrected chi connectivity index (χ4v) is 3.74. The lowest BCUT2D eigenvalue weighted by Gasteiger charge is -2.11. The molecule has 0 saturated heterocycles. The van der Waals surface area contributed by atoms with E-state index in [1.54, 1.807) is 23.0 Å². The molecule has 0 radical (unpaired) electrons. The third kappa shape index (κ3) is 4.73. The summed E-state index contributed by atoms with van der Waals surface area (Å²) in [4.78, 5) is 16.9. The number of hydrogen-bond donors (Lipinski definition) is 2. The highest BCUT2D eigenvalue weighted by molar-refractivity contribution is 5.97. The van der Waals surface area contributed by atoms with Crippen LogP contribution in [0, 0.1) is 6.92 Å². The minimum atomic E-state index is -4.50. The van der Waals surface area contributed by atoms with Gasteiger partial charge in [-0.05, 0) is 43.2 Å². The molecule has 0 aliphatic heterocycles. The van der Waals surface area contributed by atoms with Crippen LogP contribution in [-0.4, -0.2) is 50.7 Å². The Hall–Kier alpha value is -3.89. The molecule has 0 fully saturated rings. The van der Waals surface area contributed by atoms with Gasteiger partial charge in [0.2, 0.25) is 0 Å². The van der Waals surface area contributed by atoms with Gasteiger partial charge in [0.15, 0.2) is 5.82 Å². The van der Waals surface area contributed by atoms with Crippen molar-refractivity contribution < 1.29 is 22.7 Å². The quantitative estimate of drug-likeness (QED) is 0.423. The van der Waals surface area contributed by atoms with Crippen molar-refractivity contribution in [2.45, 2.75) is 33.0 Å². The summed E-state index contributed by atoms with van der Waals surface area (Å²) < 4.78 is 44.4. The van der Waals surface area contributed by atoms with Crippen LogP contribution in [0.5, 0.6) is 5.75 Å². The third-order valence-electron chi connectivity index (χ3n) is 5.56. The minimum absolute atomic E-state index is 0.00492. The molecule has 2 N–H and O–H groups in total. The molecule has 4 rings (SSSR count). The first-order chi connectivity index (χ1) is 16.2. The number of amides is 1. The number of ether oxygens (including phenoxy) is 1. The Labute approximate surface area is 193 Å². The number of halogens is 3. The average Bonchev–Trinajstić information content (AvgIpc) is 3.45. The smallest absolute Gasteiger partial charge is 0.405 e. The maximum Gasteiger partial charge on any atom is 0.405 e. The number of aryl methyl sites for hydroxylation is 2. The summed E-state index contributed by atoms with van der Waals surface area (Å²) in [5.74, 6) is 0.445. The van der Waals surface area contributed by atoms with Crippen LogP contribution in [0.2, 0.25) is 0 Å². The summed E-state index contributed by atoms with van der Waals surface area (Å²) in [6.07, 6.45) is -2.15. The lowest BCUT2D eigenvalue weighted by atomic mass is 10.0. The first-order valence-electron chi connectivity index (χ1n) is 10.6. The largest absolute Gasteiger partial charge is 0.496 e. The van der Waals surface area contributed by atoms with Crippen molar-refractivity contribution in [3.8, 4) is 17.1 Å². The molecule has 178 valence electrons. The number of carbonyl (C=O) groups is 1. The number of alkyl halides is 3. The van der Waals surface area contributed by atoms with Gasteiger partial charge in [-0.3, -0.25) is 9.89 Å². The molecule has 8 nitrogen and oxygen atoms in total. The molecule has 0 unspecified atom stereocenters. The van der Waals surface area contributed by atoms with Crippen LogP contribution < -0.4 is 10.1 Å². The minimum Gasteiger partial charge on any atom is -0.496 e. The highest BCUT2D eigenvalue weighted by Gasteiger charge is 2.28. The van der Waals surface area contributed by atoms with E-state index in [-0.39, 0.29) is 11.3 Å². The van der Waals surface area contributed by atoms with Gasteiger partial charge >= 0.3 is 6.18 Å². The number of rotatable bonds is 7. The van der Waals surface area contributed by atoms with E-state index in [4.69, 9.17) is 9.72 Å². The Kier molecular flexibility index (Phi) is 6.27. The second-order valence-corrected chi connectivity index (χ2v) is 7.74. The number of methoxy groups -OCH3 is 1. The summed E-state index contributed by atoms with van der Waals surface area (Å²) >= 11 is 0. The maximum atomic E-state index is 12.4. The van der Waals surface area contributed by atoms with Gasteiger partial charge in [-0.1, -0.05) is 12.1 Å². The van der Waals surface area contributed by atoms with Crippen LogP contribution in [-0.2, 0) is 13.0 Å². The van der Waals surface area contributed by atoms with E-state index in [1.165, 1.54) is 13.2 Å². The van der Waals surface area contributed by atoms with Gasteiger partial charge in [-0.15, -0.1) is 0 Å². The normalized spacial score (nSPS) is 11.7. The molecule has 0 aliphatic rings. The predicted octanol–water partition coefficient (Wildman–Crippen LogP) is 4.04. The molecule has 2 aromatic heterocycles. The number of fused-ring (bicyclic) bond motifs is 1. The molecule has 34 heavy (non-hydrogen) atoms. The van der Waals surface area contributed by atoms with Crippen LogP contribution in [0.25, 0.3) is 22.3 Å². The highest BCUT2D eigenvalue weighted by atomic mass is 19.4. The Morgan fingerprint density at radius 2 is 2.03 bits per heavy atom. The Bertz CT molecular complexity index is 1340. The zero-order valence-electron chi connectivity index (χ0n) is 18.8. The zero-order valence-corrected chi connectivity index (χ0v) is 18.8. The van der Waals surface area contributed by atoms with Crippen molar-refractivity contribution in [1.82, 2.24) is 30.3 Å². The lowest BCUT2D eigenvalue weighted by molar-refractivity contribution is -0.123. The monoisotopic (exact) mass is 472 g/mol. The van der Waals surface area contributed by atoms with E-state index in [1.807, 2.05) is 31.3 Å². The average molecular weight is 472 g/mol. The van der Waals surface area contributed by atoms with Crippen molar-refractivity contribution in [2.24, 2.45) is 0 Å². The van der Waals surface area contributed by atoms with Gasteiger partial charge in [-0.25, -0.2) is 9.67 Å². The van der Waals surface area contributed by atoms with Gasteiger partial charge < -0.3 is 10.1 Å². The number of carbonyl (C=O) groups excluding carboxylic acids is 1. The SMILES string of the molecule is CCn1nc(-c2ccc(C(=O)NCC(F)(F)F)c(OC)c2)nc1Cc1ccc2[nH]ncc2c1C. The number of benzene rings is 2. The van der Waals surface area contributed by atoms with E-state index < -0.39 is 18.6 Å². The topological polar surface area (TPSA) is 97.7 Å². The lowest BCUT2D eigenvalue weighted by Crippen LogP contribution is -2.33. The third-order valence-corrected chi connectivity index (χ3v) is 5.56. The Morgan fingerprint density at radius 3 is 2.74 bits per heavy atom. The number of aromatic nitrogens is 5. The summed E-state index contributed by atoms with van der Waals surface area (Å²) in [6, 6.07) is 8.55. The van der Waals surface area contributed by atoms with Gasteiger partial charge in [0, 0.05) is 23.9 Å². The van der Waals surface area contributed by atoms with Crippen molar-refractivity contribution in [2.75, 3.05) is 13.7 Å². The van der Waals surface area contributed by atoms with E-state index >= 15 is 0 Å². The fraction of sp³-hybridized carbons (Fsp3) is 0.304. The van der Waals surface area contributed by atoms with Gasteiger partial charge in [0.1, 0.15) is 18.1 Å². The molecule has 0 saturated carbocycles. The van der Waals surface area contributed by atoms with E-state index in [0.29, 0.717) is 24.4 Å².